The van der Waals surface area contributed by atoms with Crippen molar-refractivity contribution in [1.29, 1.82) is 0 Å². The van der Waals surface area contributed by atoms with Crippen molar-refractivity contribution in [3.8, 4) is 0 Å². The lowest BCUT2D eigenvalue weighted by Crippen LogP contribution is -2.59. The van der Waals surface area contributed by atoms with Crippen molar-refractivity contribution in [1.82, 2.24) is 9.88 Å². The fourth-order valence-electron chi connectivity index (χ4n) is 12.5. The number of likely N-dealkylation sites (N-methyl/N-ethyl adjacent to an activating group) is 1. The van der Waals surface area contributed by atoms with Crippen LogP contribution in [0.3, 0.4) is 0 Å². The number of anilines is 1. The number of allylic oxidation sites excluding steroid dienone is 2. The number of nitrogens with zero attached hydrogens (tertiary/aromatic N) is 2. The van der Waals surface area contributed by atoms with Crippen LogP contribution in [0.2, 0.25) is 0 Å². The van der Waals surface area contributed by atoms with E-state index in [9.17, 15) is 4.79 Å². The molecule has 4 unspecified atom stereocenters. The van der Waals surface area contributed by atoms with Crippen LogP contribution in [-0.4, -0.2) is 131 Å². The van der Waals surface area contributed by atoms with Crippen LogP contribution >= 0.6 is 0 Å². The van der Waals surface area contributed by atoms with Gasteiger partial charge in [-0.25, -0.2) is 0 Å². The van der Waals surface area contributed by atoms with E-state index in [0.717, 1.165) is 63.4 Å². The van der Waals surface area contributed by atoms with Gasteiger partial charge in [-0.2, -0.15) is 4.98 Å². The molecule has 0 spiro atoms. The molecule has 0 radical (unpaired) electrons. The van der Waals surface area contributed by atoms with E-state index in [1.165, 1.54) is 0 Å². The molecule has 3 aliphatic heterocycles. The second kappa shape index (κ2) is 19.9. The summed E-state index contributed by atoms with van der Waals surface area (Å²) in [6.45, 7) is 9.02. The SMILES string of the molecule is CC[C@H]1CCC[C@H](O[C@H]2CCCC(C)(CN(C)C)O2)[C@@H](C)C(=O)C2=C[C@H]3[C@@H]4C[C@H](O[C@@H]5OC(C)[C@H](OC)C(OC)C5OC)C[C@H]4C[C@H](Nc4nc5ccccc5o4)[C@H]3[C@@H]2CC(=O)O1. The number of benzene rings is 1. The highest BCUT2D eigenvalue weighted by atomic mass is 16.7. The lowest BCUT2D eigenvalue weighted by molar-refractivity contribution is -0.314. The smallest absolute Gasteiger partial charge is 0.306 e. The molecule has 17 atom stereocenters. The van der Waals surface area contributed by atoms with Crippen LogP contribution in [0.15, 0.2) is 40.3 Å². The number of carbonyl (C=O) groups excluding carboxylic acids is 2. The monoisotopic (exact) mass is 880 g/mol. The molecule has 1 N–H and O–H groups in total. The van der Waals surface area contributed by atoms with Gasteiger partial charge in [0.2, 0.25) is 0 Å². The summed E-state index contributed by atoms with van der Waals surface area (Å²) in [6.07, 6.45) is 7.14. The van der Waals surface area contributed by atoms with Crippen LogP contribution in [0.4, 0.5) is 6.01 Å². The van der Waals surface area contributed by atoms with E-state index in [-0.39, 0.29) is 96.0 Å². The Morgan fingerprint density at radius 1 is 0.937 bits per heavy atom. The lowest BCUT2D eigenvalue weighted by atomic mass is 9.64. The summed E-state index contributed by atoms with van der Waals surface area (Å²) in [7, 11) is 9.11. The number of methoxy groups -OCH3 is 3. The molecule has 5 fully saturated rings. The third kappa shape index (κ3) is 9.94. The van der Waals surface area contributed by atoms with Gasteiger partial charge in [-0.1, -0.05) is 32.1 Å². The predicted molar refractivity (Wildman–Crippen MR) is 236 cm³/mol. The number of ether oxygens (including phenoxy) is 8. The molecule has 14 heteroatoms. The lowest BCUT2D eigenvalue weighted by Gasteiger charge is -2.44. The average Bonchev–Trinajstić information content (AvgIpc) is 3.96. The third-order valence-electron chi connectivity index (χ3n) is 15.3. The van der Waals surface area contributed by atoms with E-state index >= 15 is 4.79 Å². The summed E-state index contributed by atoms with van der Waals surface area (Å²) in [4.78, 5) is 36.3. The number of rotatable bonds is 12. The highest BCUT2D eigenvalue weighted by molar-refractivity contribution is 5.99. The molecule has 63 heavy (non-hydrogen) atoms. The van der Waals surface area contributed by atoms with Crippen molar-refractivity contribution in [3.63, 3.8) is 0 Å². The van der Waals surface area contributed by atoms with Gasteiger partial charge in [-0.05, 0) is 134 Å². The highest BCUT2D eigenvalue weighted by Crippen LogP contribution is 2.57. The number of Topliss-reactive ketones (excluding diaryl/α,β-unsaturated/α-hetero) is 1. The van der Waals surface area contributed by atoms with Crippen LogP contribution in [0.5, 0.6) is 0 Å². The number of esters is 1. The van der Waals surface area contributed by atoms with Gasteiger partial charge in [0, 0.05) is 45.8 Å². The predicted octanol–water partition coefficient (Wildman–Crippen LogP) is 7.33. The summed E-state index contributed by atoms with van der Waals surface area (Å²) in [5.74, 6) is -0.701. The number of hydrogen-bond acceptors (Lipinski definition) is 14. The number of fused-ring (bicyclic) bond motifs is 6. The highest BCUT2D eigenvalue weighted by Gasteiger charge is 2.57. The van der Waals surface area contributed by atoms with Crippen molar-refractivity contribution in [2.24, 2.45) is 35.5 Å². The zero-order chi connectivity index (χ0) is 44.6. The second-order valence-corrected chi connectivity index (χ2v) is 19.9. The van der Waals surface area contributed by atoms with Gasteiger partial charge in [-0.3, -0.25) is 9.59 Å². The molecule has 3 aliphatic carbocycles. The molecule has 3 saturated heterocycles. The zero-order valence-corrected chi connectivity index (χ0v) is 39.0. The average molecular weight is 880 g/mol. The summed E-state index contributed by atoms with van der Waals surface area (Å²) in [5.41, 5.74) is 1.85. The molecule has 6 aliphatic rings. The molecule has 0 amide bonds. The molecule has 0 bridgehead atoms. The van der Waals surface area contributed by atoms with Crippen LogP contribution in [0, 0.1) is 35.5 Å². The summed E-state index contributed by atoms with van der Waals surface area (Å²) in [5, 5.41) is 3.73. The van der Waals surface area contributed by atoms with Gasteiger partial charge in [-0.15, -0.1) is 0 Å². The normalized spacial score (nSPS) is 41.3. The van der Waals surface area contributed by atoms with Crippen molar-refractivity contribution >= 4 is 28.9 Å². The van der Waals surface area contributed by atoms with Crippen molar-refractivity contribution in [2.45, 2.75) is 165 Å². The minimum Gasteiger partial charge on any atom is -0.462 e. The number of hydrogen-bond donors (Lipinski definition) is 1. The maximum Gasteiger partial charge on any atom is 0.306 e. The van der Waals surface area contributed by atoms with E-state index in [0.29, 0.717) is 30.0 Å². The zero-order valence-electron chi connectivity index (χ0n) is 39.0. The first-order chi connectivity index (χ1) is 30.3. The van der Waals surface area contributed by atoms with Gasteiger partial charge in [0.05, 0.1) is 30.3 Å². The molecule has 1 aromatic heterocycles. The Hall–Kier alpha value is -2.95. The molecule has 14 nitrogen and oxygen atoms in total. The Morgan fingerprint density at radius 2 is 1.71 bits per heavy atom. The molecule has 1 aromatic carbocycles. The topological polar surface area (TPSA) is 149 Å². The van der Waals surface area contributed by atoms with E-state index < -0.39 is 24.6 Å². The van der Waals surface area contributed by atoms with E-state index in [1.54, 1.807) is 21.3 Å². The molecule has 350 valence electrons. The van der Waals surface area contributed by atoms with Gasteiger partial charge < -0.3 is 52.5 Å². The molecule has 4 heterocycles. The Kier molecular flexibility index (Phi) is 14.7. The first-order valence-electron chi connectivity index (χ1n) is 23.8. The summed E-state index contributed by atoms with van der Waals surface area (Å²) < 4.78 is 57.1. The molecular formula is C49H73N3O11. The third-order valence-corrected chi connectivity index (χ3v) is 15.3. The van der Waals surface area contributed by atoms with Crippen molar-refractivity contribution in [2.75, 3.05) is 47.3 Å². The van der Waals surface area contributed by atoms with Crippen molar-refractivity contribution in [3.05, 3.63) is 35.9 Å². The van der Waals surface area contributed by atoms with Gasteiger partial charge in [0.25, 0.3) is 6.01 Å². The number of nitrogens with one attached hydrogen (secondary N) is 1. The number of cyclic esters (lactones) is 1. The van der Waals surface area contributed by atoms with E-state index in [4.69, 9.17) is 47.3 Å². The Morgan fingerprint density at radius 3 is 2.44 bits per heavy atom. The standard InChI is InChI=1S/C49H73N3O11/c1-10-30-15-13-18-38(61-41-19-14-20-49(4,63-41)26-52(5)6)27(2)43(54)35-24-33-32-23-31(60-47-46(57-9)45(56-8)44(55-7)28(3)58-47)21-29(32)22-37(42(33)34(35)25-40(53)59-30)51-48-50-36-16-11-12-17-39(36)62-48/h11-12,16-17,24,27-34,37-38,41-42,44-47H,10,13-15,18-23,25-26H2,1-9H3,(H,50,51)/t27-,28?,29+,30+,31-,32-,33+,34-,37+,38+,41-,42-,44+,45?,46?,47+,49?/m1/s1. The van der Waals surface area contributed by atoms with Gasteiger partial charge in [0.1, 0.15) is 29.9 Å². The molecule has 2 saturated carbocycles. The number of oxazole rings is 1. The number of carbonyl (C=O) groups is 2. The van der Waals surface area contributed by atoms with Crippen LogP contribution < -0.4 is 5.32 Å². The Balaban J connectivity index is 1.11. The molecule has 2 aromatic rings. The Labute approximate surface area is 373 Å². The second-order valence-electron chi connectivity index (χ2n) is 19.9. The molecule has 8 rings (SSSR count). The van der Waals surface area contributed by atoms with Crippen LogP contribution in [-0.2, 0) is 47.5 Å². The quantitative estimate of drug-likeness (QED) is 0.212. The first-order valence-corrected chi connectivity index (χ1v) is 23.8. The maximum absolute atomic E-state index is 15.3. The van der Waals surface area contributed by atoms with E-state index in [2.05, 4.69) is 44.2 Å². The van der Waals surface area contributed by atoms with Gasteiger partial charge in [0.15, 0.2) is 23.9 Å². The fraction of sp³-hybridized carbons (Fsp3) is 0.776. The molecular weight excluding hydrogens is 807 g/mol. The maximum atomic E-state index is 15.3. The number of ketones is 1. The van der Waals surface area contributed by atoms with Crippen LogP contribution in [0.1, 0.15) is 98.3 Å². The first kappa shape index (κ1) is 46.6. The van der Waals surface area contributed by atoms with Crippen LogP contribution in [0.25, 0.3) is 11.1 Å². The van der Waals surface area contributed by atoms with Crippen molar-refractivity contribution < 1.29 is 51.9 Å². The number of para-hydroxylation sites is 2. The van der Waals surface area contributed by atoms with E-state index in [1.807, 2.05) is 38.1 Å². The minimum absolute atomic E-state index is 0.0166. The van der Waals surface area contributed by atoms with Gasteiger partial charge >= 0.3 is 5.97 Å². The largest absolute Gasteiger partial charge is 0.462 e. The summed E-state index contributed by atoms with van der Waals surface area (Å²) in [6, 6.07) is 8.03. The fourth-order valence-corrected chi connectivity index (χ4v) is 12.5. The Bertz CT molecular complexity index is 1870. The minimum atomic E-state index is -0.651. The summed E-state index contributed by atoms with van der Waals surface area (Å²) >= 11 is 0. The number of aromatic nitrogens is 1.